The van der Waals surface area contributed by atoms with Crippen LogP contribution in [-0.2, 0) is 19.6 Å². The third-order valence-corrected chi connectivity index (χ3v) is 3.97. The van der Waals surface area contributed by atoms with Crippen molar-refractivity contribution < 1.29 is 0 Å². The first-order chi connectivity index (χ1) is 10.0. The number of hydrogen-bond donors (Lipinski definition) is 1. The summed E-state index contributed by atoms with van der Waals surface area (Å²) in [6.07, 6.45) is 4.27. The standard InChI is InChI=1S/C16H25ClN4/c1-5-21-15(16(17)13(4)19-21)11-20-7-6-14(10-20)9-18-8-12(2)3/h6-7,10,12,18H,5,8-9,11H2,1-4H3. The Hall–Kier alpha value is -1.26. The van der Waals surface area contributed by atoms with Crippen LogP contribution in [0.15, 0.2) is 18.5 Å². The quantitative estimate of drug-likeness (QED) is 0.850. The second-order valence-electron chi connectivity index (χ2n) is 5.88. The first kappa shape index (κ1) is 16.1. The third kappa shape index (κ3) is 4.11. The molecule has 0 saturated carbocycles. The molecule has 1 N–H and O–H groups in total. The molecule has 2 aromatic heterocycles. The maximum absolute atomic E-state index is 6.36. The van der Waals surface area contributed by atoms with Gasteiger partial charge in [-0.3, -0.25) is 4.68 Å². The Kier molecular flexibility index (Phi) is 5.48. The van der Waals surface area contributed by atoms with Gasteiger partial charge in [0.15, 0.2) is 0 Å². The van der Waals surface area contributed by atoms with Crippen molar-refractivity contribution in [3.63, 3.8) is 0 Å². The lowest BCUT2D eigenvalue weighted by Crippen LogP contribution is -2.18. The molecular weight excluding hydrogens is 284 g/mol. The second-order valence-corrected chi connectivity index (χ2v) is 6.26. The van der Waals surface area contributed by atoms with Crippen molar-refractivity contribution in [2.24, 2.45) is 5.92 Å². The molecule has 0 saturated heterocycles. The van der Waals surface area contributed by atoms with E-state index in [0.29, 0.717) is 5.92 Å². The fraction of sp³-hybridized carbons (Fsp3) is 0.562. The van der Waals surface area contributed by atoms with Gasteiger partial charge in [-0.2, -0.15) is 5.10 Å². The van der Waals surface area contributed by atoms with Gasteiger partial charge in [0.1, 0.15) is 0 Å². The van der Waals surface area contributed by atoms with Gasteiger partial charge in [-0.25, -0.2) is 0 Å². The minimum absolute atomic E-state index is 0.674. The van der Waals surface area contributed by atoms with Gasteiger partial charge in [0, 0.05) is 25.5 Å². The summed E-state index contributed by atoms with van der Waals surface area (Å²) in [7, 11) is 0. The number of nitrogens with one attached hydrogen (secondary N) is 1. The summed E-state index contributed by atoms with van der Waals surface area (Å²) in [6, 6.07) is 2.15. The van der Waals surface area contributed by atoms with Crippen LogP contribution in [0.4, 0.5) is 0 Å². The van der Waals surface area contributed by atoms with Crippen LogP contribution in [0.2, 0.25) is 5.02 Å². The zero-order valence-electron chi connectivity index (χ0n) is 13.4. The Labute approximate surface area is 132 Å². The van der Waals surface area contributed by atoms with Crippen molar-refractivity contribution in [3.8, 4) is 0 Å². The minimum Gasteiger partial charge on any atom is -0.348 e. The van der Waals surface area contributed by atoms with Crippen molar-refractivity contribution in [2.75, 3.05) is 6.54 Å². The van der Waals surface area contributed by atoms with E-state index in [1.165, 1.54) is 5.56 Å². The van der Waals surface area contributed by atoms with Gasteiger partial charge in [0.05, 0.1) is 23.0 Å². The molecule has 0 spiro atoms. The van der Waals surface area contributed by atoms with Crippen LogP contribution < -0.4 is 5.32 Å². The van der Waals surface area contributed by atoms with Crippen molar-refractivity contribution in [2.45, 2.75) is 47.3 Å². The van der Waals surface area contributed by atoms with Crippen LogP contribution in [-0.4, -0.2) is 20.9 Å². The van der Waals surface area contributed by atoms with Gasteiger partial charge in [-0.15, -0.1) is 0 Å². The van der Waals surface area contributed by atoms with Gasteiger partial charge in [-0.1, -0.05) is 25.4 Å². The molecule has 4 nitrogen and oxygen atoms in total. The maximum Gasteiger partial charge on any atom is 0.0865 e. The number of aryl methyl sites for hydroxylation is 2. The largest absolute Gasteiger partial charge is 0.348 e. The molecular formula is C16H25ClN4. The molecule has 0 amide bonds. The van der Waals surface area contributed by atoms with Gasteiger partial charge >= 0.3 is 0 Å². The Morgan fingerprint density at radius 1 is 1.38 bits per heavy atom. The Balaban J connectivity index is 2.02. The molecule has 0 fully saturated rings. The number of hydrogen-bond acceptors (Lipinski definition) is 2. The summed E-state index contributed by atoms with van der Waals surface area (Å²) >= 11 is 6.36. The predicted molar refractivity (Wildman–Crippen MR) is 87.7 cm³/mol. The van der Waals surface area contributed by atoms with Crippen LogP contribution in [0.5, 0.6) is 0 Å². The predicted octanol–water partition coefficient (Wildman–Crippen LogP) is 3.46. The van der Waals surface area contributed by atoms with Crippen LogP contribution in [0, 0.1) is 12.8 Å². The average Bonchev–Trinajstić information content (AvgIpc) is 2.98. The maximum atomic E-state index is 6.36. The second kappa shape index (κ2) is 7.14. The number of rotatable bonds is 7. The van der Waals surface area contributed by atoms with E-state index in [9.17, 15) is 0 Å². The molecule has 0 aliphatic heterocycles. The highest BCUT2D eigenvalue weighted by molar-refractivity contribution is 6.31. The minimum atomic E-state index is 0.674. The van der Waals surface area contributed by atoms with Crippen LogP contribution in [0.3, 0.4) is 0 Å². The van der Waals surface area contributed by atoms with Gasteiger partial charge < -0.3 is 9.88 Å². The Morgan fingerprint density at radius 2 is 2.14 bits per heavy atom. The molecule has 0 radical (unpaired) electrons. The van der Waals surface area contributed by atoms with E-state index in [0.717, 1.165) is 42.6 Å². The summed E-state index contributed by atoms with van der Waals surface area (Å²) in [4.78, 5) is 0. The summed E-state index contributed by atoms with van der Waals surface area (Å²) in [5.41, 5.74) is 3.28. The average molecular weight is 309 g/mol. The summed E-state index contributed by atoms with van der Waals surface area (Å²) in [6.45, 7) is 12.0. The number of nitrogens with zero attached hydrogens (tertiary/aromatic N) is 3. The fourth-order valence-corrected chi connectivity index (χ4v) is 2.59. The van der Waals surface area contributed by atoms with Gasteiger partial charge in [-0.05, 0) is 37.9 Å². The highest BCUT2D eigenvalue weighted by Crippen LogP contribution is 2.21. The van der Waals surface area contributed by atoms with E-state index in [1.807, 2.05) is 11.6 Å². The lowest BCUT2D eigenvalue weighted by Gasteiger charge is -2.07. The van der Waals surface area contributed by atoms with Crippen molar-refractivity contribution in [1.29, 1.82) is 0 Å². The molecule has 0 aliphatic rings. The van der Waals surface area contributed by atoms with Gasteiger partial charge in [0.25, 0.3) is 0 Å². The Bertz CT molecular complexity index is 583. The highest BCUT2D eigenvalue weighted by Gasteiger charge is 2.12. The fourth-order valence-electron chi connectivity index (χ4n) is 2.39. The van der Waals surface area contributed by atoms with E-state index >= 15 is 0 Å². The summed E-state index contributed by atoms with van der Waals surface area (Å²) in [5.74, 6) is 0.674. The van der Waals surface area contributed by atoms with Crippen molar-refractivity contribution in [1.82, 2.24) is 19.7 Å². The molecule has 0 aromatic carbocycles. The molecule has 0 aliphatic carbocycles. The molecule has 21 heavy (non-hydrogen) atoms. The molecule has 0 atom stereocenters. The molecule has 2 heterocycles. The van der Waals surface area contributed by atoms with E-state index in [2.05, 4.69) is 54.2 Å². The van der Waals surface area contributed by atoms with E-state index in [4.69, 9.17) is 11.6 Å². The smallest absolute Gasteiger partial charge is 0.0865 e. The normalized spacial score (nSPS) is 11.5. The lowest BCUT2D eigenvalue weighted by atomic mass is 10.2. The highest BCUT2D eigenvalue weighted by atomic mass is 35.5. The zero-order chi connectivity index (χ0) is 15.4. The summed E-state index contributed by atoms with van der Waals surface area (Å²) in [5, 5.41) is 8.70. The topological polar surface area (TPSA) is 34.8 Å². The van der Waals surface area contributed by atoms with E-state index in [1.54, 1.807) is 0 Å². The lowest BCUT2D eigenvalue weighted by molar-refractivity contribution is 0.551. The van der Waals surface area contributed by atoms with Crippen LogP contribution in [0.25, 0.3) is 0 Å². The van der Waals surface area contributed by atoms with Crippen molar-refractivity contribution >= 4 is 11.6 Å². The Morgan fingerprint density at radius 3 is 2.81 bits per heavy atom. The van der Waals surface area contributed by atoms with Gasteiger partial charge in [0.2, 0.25) is 0 Å². The SMILES string of the molecule is CCn1nc(C)c(Cl)c1Cn1ccc(CNCC(C)C)c1. The number of aromatic nitrogens is 3. The van der Waals surface area contributed by atoms with E-state index < -0.39 is 0 Å². The monoisotopic (exact) mass is 308 g/mol. The molecule has 2 aromatic rings. The summed E-state index contributed by atoms with van der Waals surface area (Å²) < 4.78 is 4.15. The van der Waals surface area contributed by atoms with E-state index in [-0.39, 0.29) is 0 Å². The molecule has 116 valence electrons. The third-order valence-electron chi connectivity index (χ3n) is 3.48. The van der Waals surface area contributed by atoms with Crippen molar-refractivity contribution in [3.05, 3.63) is 40.4 Å². The first-order valence-corrected chi connectivity index (χ1v) is 7.96. The molecule has 5 heteroatoms. The zero-order valence-corrected chi connectivity index (χ0v) is 14.1. The molecule has 2 rings (SSSR count). The van der Waals surface area contributed by atoms with Crippen LogP contribution >= 0.6 is 11.6 Å². The van der Waals surface area contributed by atoms with Crippen LogP contribution in [0.1, 0.15) is 37.7 Å². The first-order valence-electron chi connectivity index (χ1n) is 7.58. The molecule has 0 bridgehead atoms. The number of halogens is 1. The molecule has 0 unspecified atom stereocenters.